The first-order chi connectivity index (χ1) is 12.6. The Bertz CT molecular complexity index is 895. The number of hydrogen-bond donors (Lipinski definition) is 0. The molecule has 0 saturated carbocycles. The monoisotopic (exact) mass is 387 g/mol. The molecule has 0 bridgehead atoms. The molecule has 0 unspecified atom stereocenters. The van der Waals surface area contributed by atoms with Gasteiger partial charge in [-0.3, -0.25) is 0 Å². The van der Waals surface area contributed by atoms with Crippen LogP contribution in [-0.2, 0) is 15.9 Å². The molecule has 1 heterocycles. The number of benzene rings is 2. The Labute approximate surface area is 163 Å². The van der Waals surface area contributed by atoms with E-state index in [0.717, 1.165) is 0 Å². The molecule has 3 rings (SSSR count). The van der Waals surface area contributed by atoms with Crippen molar-refractivity contribution in [1.29, 1.82) is 5.26 Å². The van der Waals surface area contributed by atoms with E-state index in [1.165, 1.54) is 12.1 Å². The van der Waals surface area contributed by atoms with E-state index in [9.17, 15) is 4.39 Å². The van der Waals surface area contributed by atoms with Gasteiger partial charge in [-0.15, -0.1) is 0 Å². The van der Waals surface area contributed by atoms with Crippen LogP contribution < -0.4 is 10.2 Å². The van der Waals surface area contributed by atoms with Crippen molar-refractivity contribution >= 4 is 24.2 Å². The largest absolute Gasteiger partial charge is 0.495 e. The molecule has 1 aliphatic heterocycles. The fourth-order valence-corrected chi connectivity index (χ4v) is 2.91. The van der Waals surface area contributed by atoms with Crippen molar-refractivity contribution in [1.82, 2.24) is 0 Å². The van der Waals surface area contributed by atoms with Crippen LogP contribution in [-0.4, -0.2) is 18.3 Å². The maximum atomic E-state index is 14.1. The van der Waals surface area contributed by atoms with E-state index in [-0.39, 0.29) is 6.61 Å². The summed E-state index contributed by atoms with van der Waals surface area (Å²) in [5.74, 6) is -0.0942. The Morgan fingerprint density at radius 1 is 1.11 bits per heavy atom. The molecule has 2 aromatic rings. The predicted octanol–water partition coefficient (Wildman–Crippen LogP) is 4.23. The number of nitriles is 1. The highest BCUT2D eigenvalue weighted by molar-refractivity contribution is 6.62. The van der Waals surface area contributed by atoms with Gasteiger partial charge in [-0.25, -0.2) is 4.39 Å². The van der Waals surface area contributed by atoms with Gasteiger partial charge in [0.15, 0.2) is 0 Å². The van der Waals surface area contributed by atoms with Crippen LogP contribution in [0.3, 0.4) is 0 Å². The Kier molecular flexibility index (Phi) is 5.22. The van der Waals surface area contributed by atoms with E-state index < -0.39 is 24.1 Å². The molecule has 1 saturated heterocycles. The molecule has 0 aromatic heterocycles. The van der Waals surface area contributed by atoms with Gasteiger partial charge in [-0.05, 0) is 57.4 Å². The van der Waals surface area contributed by atoms with Crippen molar-refractivity contribution in [3.63, 3.8) is 0 Å². The van der Waals surface area contributed by atoms with E-state index in [2.05, 4.69) is 0 Å². The van der Waals surface area contributed by atoms with Gasteiger partial charge in [0.1, 0.15) is 18.2 Å². The van der Waals surface area contributed by atoms with E-state index in [1.807, 2.05) is 33.8 Å². The zero-order chi connectivity index (χ0) is 19.8. The summed E-state index contributed by atoms with van der Waals surface area (Å²) in [4.78, 5) is 0. The lowest BCUT2D eigenvalue weighted by Crippen LogP contribution is -2.41. The molecule has 140 valence electrons. The SMILES string of the molecule is CC1(C)OB(c2cc(F)cc(OCc3ccc(C#N)cc3Cl)c2)OC1(C)C. The molecule has 27 heavy (non-hydrogen) atoms. The lowest BCUT2D eigenvalue weighted by molar-refractivity contribution is 0.00578. The number of rotatable bonds is 4. The van der Waals surface area contributed by atoms with Crippen LogP contribution in [0, 0.1) is 17.1 Å². The molecule has 1 aliphatic rings. The van der Waals surface area contributed by atoms with E-state index >= 15 is 0 Å². The maximum Gasteiger partial charge on any atom is 0.495 e. The van der Waals surface area contributed by atoms with Crippen LogP contribution in [0.5, 0.6) is 5.75 Å². The van der Waals surface area contributed by atoms with Gasteiger partial charge in [-0.2, -0.15) is 5.26 Å². The zero-order valence-corrected chi connectivity index (χ0v) is 16.4. The maximum absolute atomic E-state index is 14.1. The molecule has 7 heteroatoms. The van der Waals surface area contributed by atoms with Gasteiger partial charge in [0, 0.05) is 16.7 Å². The Morgan fingerprint density at radius 2 is 1.78 bits per heavy atom. The summed E-state index contributed by atoms with van der Waals surface area (Å²) in [5, 5.41) is 9.32. The Balaban J connectivity index is 1.78. The molecular weight excluding hydrogens is 367 g/mol. The van der Waals surface area contributed by atoms with Crippen LogP contribution in [0.2, 0.25) is 5.02 Å². The average molecular weight is 388 g/mol. The summed E-state index contributed by atoms with van der Waals surface area (Å²) in [5.41, 5.74) is 0.700. The lowest BCUT2D eigenvalue weighted by Gasteiger charge is -2.32. The average Bonchev–Trinajstić information content (AvgIpc) is 2.81. The van der Waals surface area contributed by atoms with E-state index in [1.54, 1.807) is 24.3 Å². The van der Waals surface area contributed by atoms with E-state index in [4.69, 9.17) is 30.9 Å². The summed E-state index contributed by atoms with van der Waals surface area (Å²) in [6, 6.07) is 11.3. The molecular formula is C20H20BClFNO3. The normalized spacial score (nSPS) is 17.6. The molecule has 0 N–H and O–H groups in total. The first-order valence-electron chi connectivity index (χ1n) is 8.59. The fourth-order valence-electron chi connectivity index (χ4n) is 2.68. The molecule has 4 nitrogen and oxygen atoms in total. The molecule has 0 amide bonds. The Hall–Kier alpha value is -2.07. The minimum Gasteiger partial charge on any atom is -0.489 e. The fraction of sp³-hybridized carbons (Fsp3) is 0.350. The molecule has 0 spiro atoms. The third-order valence-electron chi connectivity index (χ3n) is 5.00. The van der Waals surface area contributed by atoms with Crippen LogP contribution in [0.4, 0.5) is 4.39 Å². The topological polar surface area (TPSA) is 51.5 Å². The van der Waals surface area contributed by atoms with Crippen molar-refractivity contribution in [2.75, 3.05) is 0 Å². The smallest absolute Gasteiger partial charge is 0.489 e. The van der Waals surface area contributed by atoms with Gasteiger partial charge < -0.3 is 14.0 Å². The van der Waals surface area contributed by atoms with E-state index in [0.29, 0.717) is 27.4 Å². The molecule has 0 radical (unpaired) electrons. The van der Waals surface area contributed by atoms with Gasteiger partial charge in [0.25, 0.3) is 0 Å². The second-order valence-corrected chi connectivity index (χ2v) is 7.92. The van der Waals surface area contributed by atoms with Crippen molar-refractivity contribution < 1.29 is 18.4 Å². The zero-order valence-electron chi connectivity index (χ0n) is 15.7. The highest BCUT2D eigenvalue weighted by Crippen LogP contribution is 2.36. The standard InChI is InChI=1S/C20H20BClFNO3/c1-19(2)20(3,4)27-21(26-19)15-8-16(23)10-17(9-15)25-12-14-6-5-13(11-24)7-18(14)22/h5-10H,12H2,1-4H3. The Morgan fingerprint density at radius 3 is 2.37 bits per heavy atom. The van der Waals surface area contributed by atoms with Crippen LogP contribution in [0.25, 0.3) is 0 Å². The second kappa shape index (κ2) is 7.16. The van der Waals surface area contributed by atoms with Crippen LogP contribution >= 0.6 is 11.6 Å². The summed E-state index contributed by atoms with van der Waals surface area (Å²) >= 11 is 6.16. The van der Waals surface area contributed by atoms with Crippen molar-refractivity contribution in [2.24, 2.45) is 0 Å². The first kappa shape index (κ1) is 19.7. The summed E-state index contributed by atoms with van der Waals surface area (Å²) in [7, 11) is -0.674. The molecule has 1 fully saturated rings. The third kappa shape index (κ3) is 4.11. The van der Waals surface area contributed by atoms with Gasteiger partial charge >= 0.3 is 7.12 Å². The summed E-state index contributed by atoms with van der Waals surface area (Å²) in [6.45, 7) is 7.91. The highest BCUT2D eigenvalue weighted by Gasteiger charge is 2.51. The molecule has 0 aliphatic carbocycles. The van der Waals surface area contributed by atoms with Gasteiger partial charge in [0.2, 0.25) is 0 Å². The quantitative estimate of drug-likeness (QED) is 0.737. The second-order valence-electron chi connectivity index (χ2n) is 7.52. The number of hydrogen-bond acceptors (Lipinski definition) is 4. The molecule has 2 aromatic carbocycles. The summed E-state index contributed by atoms with van der Waals surface area (Å²) in [6.07, 6.45) is 0. The minimum atomic E-state index is -0.674. The highest BCUT2D eigenvalue weighted by atomic mass is 35.5. The summed E-state index contributed by atoms with van der Waals surface area (Å²) < 4.78 is 31.8. The van der Waals surface area contributed by atoms with Crippen LogP contribution in [0.15, 0.2) is 36.4 Å². The first-order valence-corrected chi connectivity index (χ1v) is 8.96. The number of ether oxygens (including phenoxy) is 1. The lowest BCUT2D eigenvalue weighted by atomic mass is 9.79. The van der Waals surface area contributed by atoms with Crippen molar-refractivity contribution in [2.45, 2.75) is 45.5 Å². The van der Waals surface area contributed by atoms with Crippen molar-refractivity contribution in [3.05, 3.63) is 58.4 Å². The van der Waals surface area contributed by atoms with Gasteiger partial charge in [0.05, 0.1) is 22.8 Å². The minimum absolute atomic E-state index is 0.150. The predicted molar refractivity (Wildman–Crippen MR) is 103 cm³/mol. The van der Waals surface area contributed by atoms with Gasteiger partial charge in [-0.1, -0.05) is 17.7 Å². The van der Waals surface area contributed by atoms with Crippen LogP contribution in [0.1, 0.15) is 38.8 Å². The van der Waals surface area contributed by atoms with Crippen molar-refractivity contribution in [3.8, 4) is 11.8 Å². The third-order valence-corrected chi connectivity index (χ3v) is 5.35. The molecule has 0 atom stereocenters. The number of nitrogens with zero attached hydrogens (tertiary/aromatic N) is 1. The number of halogens is 2.